The first kappa shape index (κ1) is 23.0. The highest BCUT2D eigenvalue weighted by Crippen LogP contribution is 2.14. The van der Waals surface area contributed by atoms with Gasteiger partial charge in [-0.2, -0.15) is 0 Å². The fraction of sp³-hybridized carbons (Fsp3) is 0.318. The number of hydrogen-bond donors (Lipinski definition) is 2. The monoisotopic (exact) mass is 429 g/mol. The Bertz CT molecular complexity index is 946. The number of carbonyl (C=O) groups excluding carboxylic acids is 2. The average molecular weight is 430 g/mol. The zero-order chi connectivity index (χ0) is 22.1. The molecule has 8 heteroatoms. The van der Waals surface area contributed by atoms with E-state index < -0.39 is 23.7 Å². The zero-order valence-corrected chi connectivity index (χ0v) is 17.8. The Morgan fingerprint density at radius 3 is 2.57 bits per heavy atom. The molecule has 0 aliphatic rings. The number of nitrogen functional groups attached to an aromatic ring is 1. The van der Waals surface area contributed by atoms with Crippen molar-refractivity contribution in [3.63, 3.8) is 0 Å². The number of hydrogen-bond acceptors (Lipinski definition) is 6. The number of halogens is 1. The Kier molecular flexibility index (Phi) is 8.07. The summed E-state index contributed by atoms with van der Waals surface area (Å²) in [4.78, 5) is 28.7. The third-order valence-corrected chi connectivity index (χ3v) is 3.88. The van der Waals surface area contributed by atoms with Crippen LogP contribution in [0.1, 0.15) is 38.4 Å². The maximum atomic E-state index is 12.6. The molecule has 0 aliphatic heterocycles. The lowest BCUT2D eigenvalue weighted by Crippen LogP contribution is -2.44. The molecule has 2 aromatic rings. The van der Waals surface area contributed by atoms with E-state index >= 15 is 0 Å². The number of ether oxygens (including phenoxy) is 2. The molecule has 1 aromatic heterocycles. The summed E-state index contributed by atoms with van der Waals surface area (Å²) in [7, 11) is 0. The van der Waals surface area contributed by atoms with Crippen molar-refractivity contribution in [2.75, 3.05) is 5.73 Å². The number of alkyl carbamates (subject to hydrolysis) is 1. The van der Waals surface area contributed by atoms with E-state index in [1.165, 1.54) is 0 Å². The topological polar surface area (TPSA) is 104 Å². The van der Waals surface area contributed by atoms with Crippen LogP contribution in [0.15, 0.2) is 42.5 Å². The van der Waals surface area contributed by atoms with Gasteiger partial charge in [0.25, 0.3) is 0 Å². The molecule has 0 saturated heterocycles. The van der Waals surface area contributed by atoms with Crippen molar-refractivity contribution < 1.29 is 19.1 Å². The summed E-state index contributed by atoms with van der Waals surface area (Å²) in [5.74, 6) is 5.19. The molecule has 0 fully saturated rings. The predicted molar refractivity (Wildman–Crippen MR) is 115 cm³/mol. The van der Waals surface area contributed by atoms with E-state index in [4.69, 9.17) is 26.8 Å². The van der Waals surface area contributed by atoms with Crippen molar-refractivity contribution in [1.29, 1.82) is 0 Å². The van der Waals surface area contributed by atoms with Gasteiger partial charge in [0.1, 0.15) is 29.8 Å². The molecule has 1 unspecified atom stereocenters. The second-order valence-corrected chi connectivity index (χ2v) is 7.77. The van der Waals surface area contributed by atoms with Gasteiger partial charge in [-0.3, -0.25) is 0 Å². The maximum Gasteiger partial charge on any atom is 0.408 e. The number of nitrogens with zero attached hydrogens (tertiary/aromatic N) is 1. The first-order valence-corrected chi connectivity index (χ1v) is 9.63. The van der Waals surface area contributed by atoms with E-state index in [9.17, 15) is 9.59 Å². The molecule has 0 aliphatic carbocycles. The third kappa shape index (κ3) is 8.02. The summed E-state index contributed by atoms with van der Waals surface area (Å²) in [6, 6.07) is 11.3. The Balaban J connectivity index is 2.10. The maximum absolute atomic E-state index is 12.6. The lowest BCUT2D eigenvalue weighted by molar-refractivity contribution is -0.147. The lowest BCUT2D eigenvalue weighted by atomic mass is 10.2. The van der Waals surface area contributed by atoms with E-state index in [0.717, 1.165) is 5.56 Å². The van der Waals surface area contributed by atoms with Crippen molar-refractivity contribution >= 4 is 29.5 Å². The molecule has 0 radical (unpaired) electrons. The van der Waals surface area contributed by atoms with Gasteiger partial charge in [0.2, 0.25) is 0 Å². The zero-order valence-electron chi connectivity index (χ0n) is 17.1. The van der Waals surface area contributed by atoms with Gasteiger partial charge in [0.15, 0.2) is 0 Å². The van der Waals surface area contributed by atoms with E-state index in [2.05, 4.69) is 22.1 Å². The molecule has 1 amide bonds. The van der Waals surface area contributed by atoms with Crippen LogP contribution in [0.25, 0.3) is 0 Å². The minimum Gasteiger partial charge on any atom is -0.459 e. The first-order chi connectivity index (χ1) is 14.1. The number of carbonyl (C=O) groups is 2. The van der Waals surface area contributed by atoms with Gasteiger partial charge in [-0.1, -0.05) is 47.9 Å². The SMILES string of the molecule is CC(C)(C)OC(=O)NC(CC#Cc1nc(N)ccc1Cl)C(=O)OCc1ccccc1. The molecule has 3 N–H and O–H groups in total. The van der Waals surface area contributed by atoms with Crippen molar-refractivity contribution in [2.24, 2.45) is 0 Å². The van der Waals surface area contributed by atoms with E-state index in [0.29, 0.717) is 5.02 Å². The molecule has 0 bridgehead atoms. The van der Waals surface area contributed by atoms with Crippen molar-refractivity contribution in [2.45, 2.75) is 45.4 Å². The van der Waals surface area contributed by atoms with Gasteiger partial charge in [-0.05, 0) is 44.4 Å². The van der Waals surface area contributed by atoms with E-state index in [1.54, 1.807) is 32.9 Å². The number of benzene rings is 1. The number of nitrogens with one attached hydrogen (secondary N) is 1. The Morgan fingerprint density at radius 1 is 1.20 bits per heavy atom. The van der Waals surface area contributed by atoms with Crippen molar-refractivity contribution in [3.05, 3.63) is 58.7 Å². The predicted octanol–water partition coefficient (Wildman–Crippen LogP) is 3.70. The normalized spacial score (nSPS) is 11.6. The molecular formula is C22H24ClN3O4. The summed E-state index contributed by atoms with van der Waals surface area (Å²) >= 11 is 6.05. The van der Waals surface area contributed by atoms with Crippen LogP contribution in [0.2, 0.25) is 5.02 Å². The second-order valence-electron chi connectivity index (χ2n) is 7.36. The number of amides is 1. The number of nitrogens with two attached hydrogens (primary N) is 1. The minimum atomic E-state index is -1.03. The molecule has 0 spiro atoms. The summed E-state index contributed by atoms with van der Waals surface area (Å²) in [5.41, 5.74) is 6.03. The highest BCUT2D eigenvalue weighted by Gasteiger charge is 2.25. The van der Waals surface area contributed by atoms with Crippen LogP contribution in [-0.2, 0) is 20.9 Å². The van der Waals surface area contributed by atoms with E-state index in [1.807, 2.05) is 30.3 Å². The molecule has 0 saturated carbocycles. The standard InChI is InChI=1S/C22H24ClN3O4/c1-22(2,3)30-21(28)26-18(20(27)29-14-15-8-5-4-6-9-15)11-7-10-17-16(23)12-13-19(24)25-17/h4-6,8-9,12-13,18H,11,14H2,1-3H3,(H2,24,25)(H,26,28). The van der Waals surface area contributed by atoms with Crippen LogP contribution in [0, 0.1) is 11.8 Å². The first-order valence-electron chi connectivity index (χ1n) is 9.25. The molecule has 1 aromatic carbocycles. The highest BCUT2D eigenvalue weighted by molar-refractivity contribution is 6.31. The van der Waals surface area contributed by atoms with Crippen LogP contribution in [-0.4, -0.2) is 28.7 Å². The minimum absolute atomic E-state index is 0.0281. The molecule has 30 heavy (non-hydrogen) atoms. The number of esters is 1. The lowest BCUT2D eigenvalue weighted by Gasteiger charge is -2.22. The van der Waals surface area contributed by atoms with Crippen LogP contribution >= 0.6 is 11.6 Å². The Labute approximate surface area is 180 Å². The van der Waals surface area contributed by atoms with Gasteiger partial charge in [-0.15, -0.1) is 0 Å². The Morgan fingerprint density at radius 2 is 1.90 bits per heavy atom. The van der Waals surface area contributed by atoms with Gasteiger partial charge < -0.3 is 20.5 Å². The summed E-state index contributed by atoms with van der Waals surface area (Å²) in [6.07, 6.45) is -0.772. The Hall–Kier alpha value is -3.24. The average Bonchev–Trinajstić information content (AvgIpc) is 2.67. The highest BCUT2D eigenvalue weighted by atomic mass is 35.5. The van der Waals surface area contributed by atoms with Crippen LogP contribution in [0.3, 0.4) is 0 Å². The number of anilines is 1. The molecule has 1 heterocycles. The third-order valence-electron chi connectivity index (χ3n) is 3.58. The van der Waals surface area contributed by atoms with Gasteiger partial charge >= 0.3 is 12.1 Å². The number of pyridine rings is 1. The van der Waals surface area contributed by atoms with Crippen molar-refractivity contribution in [3.8, 4) is 11.8 Å². The number of aromatic nitrogens is 1. The fourth-order valence-corrected chi connectivity index (χ4v) is 2.41. The largest absolute Gasteiger partial charge is 0.459 e. The van der Waals surface area contributed by atoms with Crippen molar-refractivity contribution in [1.82, 2.24) is 10.3 Å². The summed E-state index contributed by atoms with van der Waals surface area (Å²) < 4.78 is 10.6. The van der Waals surface area contributed by atoms with E-state index in [-0.39, 0.29) is 24.5 Å². The molecule has 7 nitrogen and oxygen atoms in total. The quantitative estimate of drug-likeness (QED) is 0.554. The van der Waals surface area contributed by atoms with Crippen LogP contribution in [0.5, 0.6) is 0 Å². The van der Waals surface area contributed by atoms with Crippen LogP contribution < -0.4 is 11.1 Å². The smallest absolute Gasteiger partial charge is 0.408 e. The van der Waals surface area contributed by atoms with Gasteiger partial charge in [-0.25, -0.2) is 14.6 Å². The number of rotatable bonds is 5. The molecular weight excluding hydrogens is 406 g/mol. The summed E-state index contributed by atoms with van der Waals surface area (Å²) in [6.45, 7) is 5.25. The van der Waals surface area contributed by atoms with Gasteiger partial charge in [0, 0.05) is 6.42 Å². The second kappa shape index (κ2) is 10.5. The fourth-order valence-electron chi connectivity index (χ4n) is 2.25. The molecule has 158 valence electrons. The summed E-state index contributed by atoms with van der Waals surface area (Å²) in [5, 5.41) is 2.84. The molecule has 2 rings (SSSR count). The molecule has 1 atom stereocenters. The van der Waals surface area contributed by atoms with Gasteiger partial charge in [0.05, 0.1) is 5.02 Å². The van der Waals surface area contributed by atoms with Crippen LogP contribution in [0.4, 0.5) is 10.6 Å².